The third-order valence-corrected chi connectivity index (χ3v) is 4.92. The normalized spacial score (nSPS) is 26.4. The molecule has 2 fully saturated rings. The van der Waals surface area contributed by atoms with Gasteiger partial charge >= 0.3 is 0 Å². The van der Waals surface area contributed by atoms with Crippen LogP contribution in [0.4, 0.5) is 5.95 Å². The van der Waals surface area contributed by atoms with Crippen LogP contribution in [0.5, 0.6) is 11.8 Å². The molecule has 0 saturated carbocycles. The van der Waals surface area contributed by atoms with Crippen LogP contribution in [-0.4, -0.2) is 97.6 Å². The first-order chi connectivity index (χ1) is 11.6. The second-order valence-electron chi connectivity index (χ2n) is 6.46. The number of nitrogens with zero attached hydrogens (tertiary/aromatic N) is 5. The van der Waals surface area contributed by atoms with Crippen LogP contribution in [0.15, 0.2) is 6.07 Å². The summed E-state index contributed by atoms with van der Waals surface area (Å²) in [6.45, 7) is 5.48. The van der Waals surface area contributed by atoms with E-state index in [1.54, 1.807) is 20.3 Å². The third-order valence-electron chi connectivity index (χ3n) is 4.92. The van der Waals surface area contributed by atoms with E-state index in [4.69, 9.17) is 9.47 Å². The minimum Gasteiger partial charge on any atom is -0.481 e. The van der Waals surface area contributed by atoms with Crippen LogP contribution in [0.1, 0.15) is 6.42 Å². The Kier molecular flexibility index (Phi) is 5.37. The van der Waals surface area contributed by atoms with Crippen molar-refractivity contribution in [3.8, 4) is 11.8 Å². The monoisotopic (exact) mass is 337 g/mol. The second kappa shape index (κ2) is 7.50. The Balaban J connectivity index is 1.67. The maximum Gasteiger partial charge on any atom is 0.232 e. The number of piperazine rings is 1. The van der Waals surface area contributed by atoms with Gasteiger partial charge in [0.15, 0.2) is 0 Å². The van der Waals surface area contributed by atoms with Crippen LogP contribution in [0.3, 0.4) is 0 Å². The molecule has 2 aliphatic heterocycles. The third kappa shape index (κ3) is 3.71. The van der Waals surface area contributed by atoms with E-state index in [2.05, 4.69) is 26.8 Å². The Hall–Kier alpha value is -1.64. The van der Waals surface area contributed by atoms with Crippen molar-refractivity contribution in [3.05, 3.63) is 6.07 Å². The average Bonchev–Trinajstić information content (AvgIpc) is 2.62. The molecule has 8 heteroatoms. The quantitative estimate of drug-likeness (QED) is 0.801. The molecule has 2 saturated heterocycles. The lowest BCUT2D eigenvalue weighted by molar-refractivity contribution is 0.0136. The standard InChI is InChI=1S/C16H27N5O3/c1-19-6-8-20(9-7-19)12-4-5-21(11-13(12)22)16-17-14(23-2)10-15(18-16)24-3/h10,12-13,22H,4-9,11H2,1-3H3/t12-,13-/m1/s1. The number of methoxy groups -OCH3 is 2. The van der Waals surface area contributed by atoms with Crippen LogP contribution in [0, 0.1) is 0 Å². The first-order valence-corrected chi connectivity index (χ1v) is 8.43. The molecule has 2 atom stereocenters. The molecule has 8 nitrogen and oxygen atoms in total. The predicted octanol–water partition coefficient (Wildman–Crippen LogP) is -0.319. The van der Waals surface area contributed by atoms with Crippen LogP contribution >= 0.6 is 0 Å². The maximum absolute atomic E-state index is 10.7. The van der Waals surface area contributed by atoms with Gasteiger partial charge in [-0.25, -0.2) is 0 Å². The molecule has 0 unspecified atom stereocenters. The van der Waals surface area contributed by atoms with Crippen LogP contribution in [0.25, 0.3) is 0 Å². The minimum absolute atomic E-state index is 0.211. The minimum atomic E-state index is -0.414. The van der Waals surface area contributed by atoms with Gasteiger partial charge in [0, 0.05) is 45.3 Å². The number of piperidine rings is 1. The fourth-order valence-corrected chi connectivity index (χ4v) is 3.42. The summed E-state index contributed by atoms with van der Waals surface area (Å²) in [7, 11) is 5.28. The number of aromatic nitrogens is 2. The van der Waals surface area contributed by atoms with Crippen LogP contribution in [0.2, 0.25) is 0 Å². The number of rotatable bonds is 4. The zero-order valence-corrected chi connectivity index (χ0v) is 14.7. The molecule has 1 aromatic heterocycles. The van der Waals surface area contributed by atoms with Crippen LogP contribution < -0.4 is 14.4 Å². The molecule has 134 valence electrons. The number of hydrogen-bond acceptors (Lipinski definition) is 8. The number of likely N-dealkylation sites (N-methyl/N-ethyl adjacent to an activating group) is 1. The Morgan fingerprint density at radius 3 is 2.21 bits per heavy atom. The SMILES string of the molecule is COc1cc(OC)nc(N2CC[C@@H](N3CCN(C)CC3)[C@H](O)C2)n1. The Bertz CT molecular complexity index is 528. The van der Waals surface area contributed by atoms with Gasteiger partial charge in [-0.15, -0.1) is 0 Å². The van der Waals surface area contributed by atoms with Gasteiger partial charge in [-0.1, -0.05) is 0 Å². The summed E-state index contributed by atoms with van der Waals surface area (Å²) in [5.74, 6) is 1.47. The van der Waals surface area contributed by atoms with E-state index in [1.165, 1.54) is 0 Å². The molecule has 3 rings (SSSR count). The molecule has 0 aliphatic carbocycles. The summed E-state index contributed by atoms with van der Waals surface area (Å²) in [5.41, 5.74) is 0. The molecular formula is C16H27N5O3. The Morgan fingerprint density at radius 2 is 1.67 bits per heavy atom. The summed E-state index contributed by atoms with van der Waals surface area (Å²) in [4.78, 5) is 15.5. The number of ether oxygens (including phenoxy) is 2. The lowest BCUT2D eigenvalue weighted by atomic mass is 9.99. The van der Waals surface area contributed by atoms with Gasteiger partial charge < -0.3 is 24.4 Å². The number of hydrogen-bond donors (Lipinski definition) is 1. The van der Waals surface area contributed by atoms with E-state index < -0.39 is 6.10 Å². The highest BCUT2D eigenvalue weighted by Crippen LogP contribution is 2.25. The number of aliphatic hydroxyl groups is 1. The van der Waals surface area contributed by atoms with Crippen LogP contribution in [-0.2, 0) is 0 Å². The molecule has 0 spiro atoms. The summed E-state index contributed by atoms with van der Waals surface area (Å²) in [6.07, 6.45) is 0.483. The summed E-state index contributed by atoms with van der Waals surface area (Å²) >= 11 is 0. The highest BCUT2D eigenvalue weighted by atomic mass is 16.5. The first kappa shape index (κ1) is 17.2. The summed E-state index contributed by atoms with van der Waals surface area (Å²) in [6, 6.07) is 1.86. The molecule has 0 bridgehead atoms. The van der Waals surface area contributed by atoms with Crippen molar-refractivity contribution in [2.45, 2.75) is 18.6 Å². The highest BCUT2D eigenvalue weighted by Gasteiger charge is 2.34. The highest BCUT2D eigenvalue weighted by molar-refractivity contribution is 5.37. The molecule has 1 aromatic rings. The van der Waals surface area contributed by atoms with E-state index in [1.807, 2.05) is 4.90 Å². The van der Waals surface area contributed by atoms with E-state index >= 15 is 0 Å². The van der Waals surface area contributed by atoms with E-state index in [0.29, 0.717) is 24.3 Å². The lowest BCUT2D eigenvalue weighted by Gasteiger charge is -2.44. The summed E-state index contributed by atoms with van der Waals surface area (Å²) < 4.78 is 10.4. The van der Waals surface area contributed by atoms with E-state index in [0.717, 1.165) is 39.1 Å². The zero-order chi connectivity index (χ0) is 17.1. The smallest absolute Gasteiger partial charge is 0.232 e. The predicted molar refractivity (Wildman–Crippen MR) is 90.8 cm³/mol. The topological polar surface area (TPSA) is 74.2 Å². The van der Waals surface area contributed by atoms with E-state index in [9.17, 15) is 5.11 Å². The largest absolute Gasteiger partial charge is 0.481 e. The zero-order valence-electron chi connectivity index (χ0n) is 14.7. The van der Waals surface area contributed by atoms with Gasteiger partial charge in [0.05, 0.1) is 26.4 Å². The molecule has 2 aliphatic rings. The van der Waals surface area contributed by atoms with Crippen molar-refractivity contribution in [3.63, 3.8) is 0 Å². The first-order valence-electron chi connectivity index (χ1n) is 8.43. The van der Waals surface area contributed by atoms with Crippen molar-refractivity contribution in [2.75, 3.05) is 65.4 Å². The van der Waals surface area contributed by atoms with Crippen molar-refractivity contribution in [1.82, 2.24) is 19.8 Å². The molecule has 1 N–H and O–H groups in total. The molecule has 0 amide bonds. The lowest BCUT2D eigenvalue weighted by Crippen LogP contribution is -2.58. The fraction of sp³-hybridized carbons (Fsp3) is 0.750. The Morgan fingerprint density at radius 1 is 1.04 bits per heavy atom. The number of β-amino-alcohol motifs (C(OH)–C–C–N with tert-alkyl or cyclic N) is 1. The van der Waals surface area contributed by atoms with E-state index in [-0.39, 0.29) is 6.04 Å². The molecule has 24 heavy (non-hydrogen) atoms. The number of anilines is 1. The fourth-order valence-electron chi connectivity index (χ4n) is 3.42. The van der Waals surface area contributed by atoms with Gasteiger partial charge in [0.1, 0.15) is 0 Å². The Labute approximate surface area is 143 Å². The van der Waals surface area contributed by atoms with Gasteiger partial charge in [-0.2, -0.15) is 9.97 Å². The van der Waals surface area contributed by atoms with Gasteiger partial charge in [0.2, 0.25) is 17.7 Å². The summed E-state index contributed by atoms with van der Waals surface area (Å²) in [5, 5.41) is 10.7. The second-order valence-corrected chi connectivity index (χ2v) is 6.46. The molecule has 0 aromatic carbocycles. The molecular weight excluding hydrogens is 310 g/mol. The van der Waals surface area contributed by atoms with Gasteiger partial charge in [-0.05, 0) is 13.5 Å². The van der Waals surface area contributed by atoms with Gasteiger partial charge in [-0.3, -0.25) is 4.90 Å². The molecule has 3 heterocycles. The van der Waals surface area contributed by atoms with Gasteiger partial charge in [0.25, 0.3) is 0 Å². The maximum atomic E-state index is 10.7. The number of aliphatic hydroxyl groups excluding tert-OH is 1. The average molecular weight is 337 g/mol. The molecule has 0 radical (unpaired) electrons. The van der Waals surface area contributed by atoms with Crippen molar-refractivity contribution in [2.24, 2.45) is 0 Å². The van der Waals surface area contributed by atoms with Crippen molar-refractivity contribution in [1.29, 1.82) is 0 Å². The van der Waals surface area contributed by atoms with Crippen molar-refractivity contribution < 1.29 is 14.6 Å². The van der Waals surface area contributed by atoms with Crippen molar-refractivity contribution >= 4 is 5.95 Å².